The monoisotopic (exact) mass is 545 g/mol. The number of carbonyl (C=O) groups excluding carboxylic acids is 2. The second-order valence-electron chi connectivity index (χ2n) is 12.2. The Kier molecular flexibility index (Phi) is 8.24. The minimum absolute atomic E-state index is 0.0692. The minimum atomic E-state index is -0.290. The first-order valence-corrected chi connectivity index (χ1v) is 15.1. The Bertz CT molecular complexity index is 1160. The molecule has 4 fully saturated rings. The van der Waals surface area contributed by atoms with E-state index in [0.717, 1.165) is 76.1 Å². The molecule has 0 radical (unpaired) electrons. The van der Waals surface area contributed by atoms with Crippen LogP contribution in [0.1, 0.15) is 49.1 Å². The van der Waals surface area contributed by atoms with Crippen LogP contribution in [0, 0.1) is 17.3 Å². The highest BCUT2D eigenvalue weighted by Crippen LogP contribution is 2.44. The van der Waals surface area contributed by atoms with E-state index in [2.05, 4.69) is 40.5 Å². The van der Waals surface area contributed by atoms with Crippen molar-refractivity contribution in [1.29, 1.82) is 0 Å². The van der Waals surface area contributed by atoms with Crippen molar-refractivity contribution in [2.24, 2.45) is 17.3 Å². The molecule has 4 heterocycles. The zero-order valence-electron chi connectivity index (χ0n) is 23.7. The number of carbonyl (C=O) groups is 2. The Labute approximate surface area is 238 Å². The van der Waals surface area contributed by atoms with Gasteiger partial charge in [0.1, 0.15) is 5.75 Å². The molecule has 0 aliphatic carbocycles. The molecule has 4 aliphatic heterocycles. The van der Waals surface area contributed by atoms with Gasteiger partial charge in [-0.25, -0.2) is 0 Å². The quantitative estimate of drug-likeness (QED) is 0.543. The third-order valence-corrected chi connectivity index (χ3v) is 10.1. The molecule has 3 atom stereocenters. The first-order valence-electron chi connectivity index (χ1n) is 15.1. The normalized spacial score (nSPS) is 26.3. The second-order valence-corrected chi connectivity index (χ2v) is 12.2. The number of Topliss-reactive ketones (excluding diaryl/α,β-unsaturated/α-hetero) is 1. The summed E-state index contributed by atoms with van der Waals surface area (Å²) in [5.74, 6) is 2.14. The lowest BCUT2D eigenvalue weighted by Crippen LogP contribution is -2.55. The van der Waals surface area contributed by atoms with E-state index >= 15 is 0 Å². The number of amides is 1. The van der Waals surface area contributed by atoms with Crippen molar-refractivity contribution in [3.63, 3.8) is 0 Å². The van der Waals surface area contributed by atoms with Gasteiger partial charge in [-0.2, -0.15) is 0 Å². The van der Waals surface area contributed by atoms with Gasteiger partial charge in [-0.3, -0.25) is 14.5 Å². The van der Waals surface area contributed by atoms with Crippen LogP contribution < -0.4 is 10.1 Å². The van der Waals surface area contributed by atoms with E-state index in [0.29, 0.717) is 37.4 Å². The molecule has 1 spiro atoms. The molecule has 0 bridgehead atoms. The van der Waals surface area contributed by atoms with Crippen LogP contribution in [-0.2, 0) is 20.9 Å². The van der Waals surface area contributed by atoms with Crippen LogP contribution in [0.4, 0.5) is 0 Å². The molecule has 2 aromatic rings. The summed E-state index contributed by atoms with van der Waals surface area (Å²) in [5, 5.41) is 3.62. The van der Waals surface area contributed by atoms with Gasteiger partial charge in [0, 0.05) is 57.1 Å². The maximum atomic E-state index is 14.2. The SMILES string of the molecule is COc1ccc(CN2CCC3(CCN(C(C(=O)C4CCOCC4)[C@@H]4CNC[C@@H]4c4ccccc4)CC3)C2=O)cc1. The molecule has 7 nitrogen and oxygen atoms in total. The Hall–Kier alpha value is -2.74. The van der Waals surface area contributed by atoms with Crippen LogP contribution in [0.2, 0.25) is 0 Å². The fourth-order valence-corrected chi connectivity index (χ4v) is 7.67. The van der Waals surface area contributed by atoms with Gasteiger partial charge in [0.25, 0.3) is 0 Å². The van der Waals surface area contributed by atoms with Crippen LogP contribution in [0.15, 0.2) is 54.6 Å². The number of nitrogens with one attached hydrogen (secondary N) is 1. The van der Waals surface area contributed by atoms with Gasteiger partial charge in [-0.15, -0.1) is 0 Å². The van der Waals surface area contributed by atoms with Crippen LogP contribution >= 0.6 is 0 Å². The van der Waals surface area contributed by atoms with Crippen molar-refractivity contribution in [1.82, 2.24) is 15.1 Å². The molecule has 6 rings (SSSR count). The number of piperidine rings is 1. The third kappa shape index (κ3) is 5.44. The van der Waals surface area contributed by atoms with Gasteiger partial charge in [0.15, 0.2) is 5.78 Å². The Balaban J connectivity index is 1.17. The van der Waals surface area contributed by atoms with Crippen molar-refractivity contribution < 1.29 is 19.1 Å². The summed E-state index contributed by atoms with van der Waals surface area (Å²) < 4.78 is 10.9. The zero-order chi connectivity index (χ0) is 27.5. The van der Waals surface area contributed by atoms with Gasteiger partial charge in [0.05, 0.1) is 18.6 Å². The maximum Gasteiger partial charge on any atom is 0.229 e. The largest absolute Gasteiger partial charge is 0.497 e. The lowest BCUT2D eigenvalue weighted by Gasteiger charge is -2.44. The smallest absolute Gasteiger partial charge is 0.229 e. The average molecular weight is 546 g/mol. The highest BCUT2D eigenvalue weighted by molar-refractivity contribution is 5.87. The van der Waals surface area contributed by atoms with E-state index < -0.39 is 0 Å². The van der Waals surface area contributed by atoms with E-state index in [1.807, 2.05) is 29.2 Å². The van der Waals surface area contributed by atoms with Crippen LogP contribution in [0.25, 0.3) is 0 Å². The summed E-state index contributed by atoms with van der Waals surface area (Å²) in [5.41, 5.74) is 2.16. The van der Waals surface area contributed by atoms with Gasteiger partial charge < -0.3 is 19.7 Å². The van der Waals surface area contributed by atoms with E-state index in [1.54, 1.807) is 7.11 Å². The number of ketones is 1. The number of nitrogens with zero attached hydrogens (tertiary/aromatic N) is 2. The standard InChI is InChI=1S/C33H43N3O4/c1-39-27-9-7-24(8-10-27)23-36-18-15-33(32(36)38)13-16-35(17-14-33)30(31(37)26-11-19-40-20-12-26)29-22-34-21-28(29)25-5-3-2-4-6-25/h2-10,26,28-30,34H,11-23H2,1H3/t28-,29-,30?/m1/s1. The highest BCUT2D eigenvalue weighted by atomic mass is 16.5. The average Bonchev–Trinajstić information content (AvgIpc) is 3.61. The van der Waals surface area contributed by atoms with Crippen LogP contribution in [0.3, 0.4) is 0 Å². The fraction of sp³-hybridized carbons (Fsp3) is 0.576. The number of rotatable bonds is 8. The van der Waals surface area contributed by atoms with Crippen LogP contribution in [-0.4, -0.2) is 80.6 Å². The number of ether oxygens (including phenoxy) is 2. The second kappa shape index (κ2) is 12.0. The van der Waals surface area contributed by atoms with E-state index in [1.165, 1.54) is 5.56 Å². The first kappa shape index (κ1) is 27.4. The Morgan fingerprint density at radius 2 is 1.70 bits per heavy atom. The predicted octanol–water partition coefficient (Wildman–Crippen LogP) is 3.88. The van der Waals surface area contributed by atoms with E-state index in [4.69, 9.17) is 9.47 Å². The van der Waals surface area contributed by atoms with Gasteiger partial charge >= 0.3 is 0 Å². The number of methoxy groups -OCH3 is 1. The zero-order valence-corrected chi connectivity index (χ0v) is 23.7. The molecule has 2 aromatic carbocycles. The highest BCUT2D eigenvalue weighted by Gasteiger charge is 2.51. The predicted molar refractivity (Wildman–Crippen MR) is 154 cm³/mol. The van der Waals surface area contributed by atoms with Crippen molar-refractivity contribution in [2.45, 2.75) is 50.6 Å². The molecular weight excluding hydrogens is 502 g/mol. The lowest BCUT2D eigenvalue weighted by atomic mass is 9.73. The van der Waals surface area contributed by atoms with Crippen LogP contribution in [0.5, 0.6) is 5.75 Å². The summed E-state index contributed by atoms with van der Waals surface area (Å²) in [7, 11) is 1.67. The summed E-state index contributed by atoms with van der Waals surface area (Å²) >= 11 is 0. The number of likely N-dealkylation sites (tertiary alicyclic amines) is 2. The first-order chi connectivity index (χ1) is 19.6. The molecule has 1 unspecified atom stereocenters. The number of benzene rings is 2. The molecule has 0 saturated carbocycles. The van der Waals surface area contributed by atoms with Gasteiger partial charge in [-0.05, 0) is 68.5 Å². The summed E-state index contributed by atoms with van der Waals surface area (Å²) in [6.45, 7) is 6.17. The molecule has 7 heteroatoms. The van der Waals surface area contributed by atoms with E-state index in [9.17, 15) is 9.59 Å². The summed E-state index contributed by atoms with van der Waals surface area (Å²) in [6, 6.07) is 18.6. The topological polar surface area (TPSA) is 71.1 Å². The molecule has 214 valence electrons. The fourth-order valence-electron chi connectivity index (χ4n) is 7.67. The molecule has 4 saturated heterocycles. The van der Waals surface area contributed by atoms with Crippen molar-refractivity contribution in [3.05, 3.63) is 65.7 Å². The van der Waals surface area contributed by atoms with Gasteiger partial charge in [-0.1, -0.05) is 42.5 Å². The molecule has 1 amide bonds. The maximum absolute atomic E-state index is 14.2. The molecular formula is C33H43N3O4. The van der Waals surface area contributed by atoms with Gasteiger partial charge in [0.2, 0.25) is 5.91 Å². The molecule has 4 aliphatic rings. The summed E-state index contributed by atoms with van der Waals surface area (Å²) in [6.07, 6.45) is 4.22. The minimum Gasteiger partial charge on any atom is -0.497 e. The number of hydrogen-bond donors (Lipinski definition) is 1. The number of hydrogen-bond acceptors (Lipinski definition) is 6. The van der Waals surface area contributed by atoms with Crippen molar-refractivity contribution >= 4 is 11.7 Å². The molecule has 40 heavy (non-hydrogen) atoms. The lowest BCUT2D eigenvalue weighted by molar-refractivity contribution is -0.141. The third-order valence-electron chi connectivity index (χ3n) is 10.1. The van der Waals surface area contributed by atoms with Crippen molar-refractivity contribution in [3.8, 4) is 5.75 Å². The van der Waals surface area contributed by atoms with Crippen molar-refractivity contribution in [2.75, 3.05) is 53.0 Å². The van der Waals surface area contributed by atoms with E-state index in [-0.39, 0.29) is 23.3 Å². The summed E-state index contributed by atoms with van der Waals surface area (Å²) in [4.78, 5) is 32.5. The Morgan fingerprint density at radius 3 is 2.40 bits per heavy atom. The molecule has 1 N–H and O–H groups in total. The Morgan fingerprint density at radius 1 is 1.00 bits per heavy atom. The molecule has 0 aromatic heterocycles.